The minimum atomic E-state index is 0.196. The van der Waals surface area contributed by atoms with Crippen molar-refractivity contribution >= 4 is 23.2 Å². The van der Waals surface area contributed by atoms with E-state index in [1.165, 1.54) is 0 Å². The Morgan fingerprint density at radius 3 is 2.43 bits per heavy atom. The van der Waals surface area contributed by atoms with Crippen molar-refractivity contribution < 1.29 is 9.47 Å². The Labute approximate surface area is 137 Å². The van der Waals surface area contributed by atoms with Crippen molar-refractivity contribution in [1.82, 2.24) is 5.32 Å². The van der Waals surface area contributed by atoms with Crippen LogP contribution < -0.4 is 10.1 Å². The van der Waals surface area contributed by atoms with E-state index in [1.807, 2.05) is 19.9 Å². The second kappa shape index (κ2) is 9.52. The normalized spacial score (nSPS) is 11.4. The average molecular weight is 334 g/mol. The molecule has 3 nitrogen and oxygen atoms in total. The molecule has 1 N–H and O–H groups in total. The Hall–Kier alpha value is -0.480. The smallest absolute Gasteiger partial charge is 0.142 e. The van der Waals surface area contributed by atoms with E-state index in [4.69, 9.17) is 32.7 Å². The highest BCUT2D eigenvalue weighted by atomic mass is 35.5. The first-order chi connectivity index (χ1) is 9.90. The van der Waals surface area contributed by atoms with Gasteiger partial charge < -0.3 is 14.8 Å². The van der Waals surface area contributed by atoms with Crippen LogP contribution in [0.15, 0.2) is 12.1 Å². The first-order valence-corrected chi connectivity index (χ1v) is 8.08. The number of nitrogens with one attached hydrogen (secondary N) is 1. The van der Waals surface area contributed by atoms with Crippen LogP contribution in [0.1, 0.15) is 33.3 Å². The Balaban J connectivity index is 2.66. The number of hydrogen-bond acceptors (Lipinski definition) is 3. The Kier molecular flexibility index (Phi) is 8.42. The largest absolute Gasteiger partial charge is 0.489 e. The molecule has 0 saturated heterocycles. The highest BCUT2D eigenvalue weighted by molar-refractivity contribution is 6.35. The number of benzene rings is 1. The molecule has 1 aromatic carbocycles. The fraction of sp³-hybridized carbons (Fsp3) is 0.625. The number of rotatable bonds is 9. The monoisotopic (exact) mass is 333 g/mol. The lowest BCUT2D eigenvalue weighted by Gasteiger charge is -2.16. The quantitative estimate of drug-likeness (QED) is 0.673. The van der Waals surface area contributed by atoms with Gasteiger partial charge in [-0.3, -0.25) is 0 Å². The molecule has 0 spiro atoms. The zero-order valence-electron chi connectivity index (χ0n) is 13.2. The number of halogens is 2. The van der Waals surface area contributed by atoms with Crippen LogP contribution in [0.3, 0.4) is 0 Å². The van der Waals surface area contributed by atoms with E-state index in [0.29, 0.717) is 41.5 Å². The van der Waals surface area contributed by atoms with Crippen molar-refractivity contribution in [3.8, 4) is 5.75 Å². The molecule has 0 bridgehead atoms. The van der Waals surface area contributed by atoms with Gasteiger partial charge in [-0.25, -0.2) is 0 Å². The predicted octanol–water partition coefficient (Wildman–Crippen LogP) is 4.54. The molecule has 0 amide bonds. The van der Waals surface area contributed by atoms with Gasteiger partial charge in [0.15, 0.2) is 0 Å². The summed E-state index contributed by atoms with van der Waals surface area (Å²) in [4.78, 5) is 0. The van der Waals surface area contributed by atoms with Crippen molar-refractivity contribution in [3.05, 3.63) is 27.7 Å². The predicted molar refractivity (Wildman–Crippen MR) is 89.6 cm³/mol. The fourth-order valence-electron chi connectivity index (χ4n) is 1.83. The summed E-state index contributed by atoms with van der Waals surface area (Å²) in [5, 5.41) is 4.53. The molecule has 0 unspecified atom stereocenters. The Bertz CT molecular complexity index is 437. The summed E-state index contributed by atoms with van der Waals surface area (Å²) >= 11 is 12.3. The third-order valence-corrected chi connectivity index (χ3v) is 3.23. The summed E-state index contributed by atoms with van der Waals surface area (Å²) in [7, 11) is 0. The van der Waals surface area contributed by atoms with Crippen LogP contribution in [0.2, 0.25) is 10.0 Å². The van der Waals surface area contributed by atoms with E-state index >= 15 is 0 Å². The summed E-state index contributed by atoms with van der Waals surface area (Å²) in [5.41, 5.74) is 0.970. The zero-order valence-corrected chi connectivity index (χ0v) is 14.7. The minimum absolute atomic E-state index is 0.196. The molecule has 1 aromatic rings. The maximum Gasteiger partial charge on any atom is 0.142 e. The van der Waals surface area contributed by atoms with Crippen LogP contribution in [-0.2, 0) is 11.3 Å². The molecule has 0 aliphatic heterocycles. The number of ether oxygens (including phenoxy) is 2. The van der Waals surface area contributed by atoms with Crippen LogP contribution >= 0.6 is 23.2 Å². The van der Waals surface area contributed by atoms with Gasteiger partial charge in [0, 0.05) is 17.1 Å². The molecule has 0 fully saturated rings. The van der Waals surface area contributed by atoms with Crippen LogP contribution in [0.5, 0.6) is 5.75 Å². The van der Waals surface area contributed by atoms with Crippen molar-refractivity contribution in [2.75, 3.05) is 19.8 Å². The van der Waals surface area contributed by atoms with Crippen LogP contribution in [0.4, 0.5) is 0 Å². The topological polar surface area (TPSA) is 30.5 Å². The van der Waals surface area contributed by atoms with E-state index in [0.717, 1.165) is 12.1 Å². The Morgan fingerprint density at radius 2 is 1.81 bits per heavy atom. The first kappa shape index (κ1) is 18.6. The molecule has 0 aromatic heterocycles. The maximum absolute atomic E-state index is 6.24. The lowest BCUT2D eigenvalue weighted by Crippen LogP contribution is -2.20. The van der Waals surface area contributed by atoms with Crippen LogP contribution in [0, 0.1) is 5.92 Å². The highest BCUT2D eigenvalue weighted by Gasteiger charge is 2.11. The van der Waals surface area contributed by atoms with Gasteiger partial charge in [-0.1, -0.05) is 37.0 Å². The molecule has 120 valence electrons. The van der Waals surface area contributed by atoms with Gasteiger partial charge in [0.2, 0.25) is 0 Å². The highest BCUT2D eigenvalue weighted by Crippen LogP contribution is 2.32. The maximum atomic E-state index is 6.24. The van der Waals surface area contributed by atoms with Crippen LogP contribution in [0.25, 0.3) is 0 Å². The summed E-state index contributed by atoms with van der Waals surface area (Å²) in [6.07, 6.45) is 0.196. The lowest BCUT2D eigenvalue weighted by atomic mass is 10.1. The van der Waals surface area contributed by atoms with E-state index < -0.39 is 0 Å². The van der Waals surface area contributed by atoms with Gasteiger partial charge in [0.05, 0.1) is 17.7 Å². The summed E-state index contributed by atoms with van der Waals surface area (Å²) in [5.74, 6) is 1.27. The molecule has 5 heteroatoms. The van der Waals surface area contributed by atoms with E-state index in [9.17, 15) is 0 Å². The Morgan fingerprint density at radius 1 is 1.10 bits per heavy atom. The van der Waals surface area contributed by atoms with Gasteiger partial charge >= 0.3 is 0 Å². The summed E-state index contributed by atoms with van der Waals surface area (Å²) < 4.78 is 11.2. The molecule has 1 rings (SSSR count). The van der Waals surface area contributed by atoms with Gasteiger partial charge in [0.1, 0.15) is 12.4 Å². The molecule has 0 aliphatic carbocycles. The van der Waals surface area contributed by atoms with Gasteiger partial charge in [-0.05, 0) is 38.4 Å². The standard InChI is InChI=1S/C16H25Cl2NO2/c1-11(2)9-19-10-13-7-14(17)8-15(18)16(13)21-6-5-20-12(3)4/h7-8,11-12,19H,5-6,9-10H2,1-4H3. The van der Waals surface area contributed by atoms with Crippen molar-refractivity contribution in [2.24, 2.45) is 5.92 Å². The fourth-order valence-corrected chi connectivity index (χ4v) is 2.42. The number of hydrogen-bond donors (Lipinski definition) is 1. The summed E-state index contributed by atoms with van der Waals surface area (Å²) in [6, 6.07) is 3.59. The van der Waals surface area contributed by atoms with Crippen molar-refractivity contribution in [2.45, 2.75) is 40.3 Å². The lowest BCUT2D eigenvalue weighted by molar-refractivity contribution is 0.0550. The third kappa shape index (κ3) is 7.37. The van der Waals surface area contributed by atoms with Crippen molar-refractivity contribution in [3.63, 3.8) is 0 Å². The van der Waals surface area contributed by atoms with E-state index in [-0.39, 0.29) is 6.10 Å². The van der Waals surface area contributed by atoms with Gasteiger partial charge in [-0.15, -0.1) is 0 Å². The van der Waals surface area contributed by atoms with E-state index in [2.05, 4.69) is 19.2 Å². The molecule has 0 radical (unpaired) electrons. The molecule has 0 saturated carbocycles. The first-order valence-electron chi connectivity index (χ1n) is 7.33. The van der Waals surface area contributed by atoms with Crippen LogP contribution in [-0.4, -0.2) is 25.9 Å². The summed E-state index contributed by atoms with van der Waals surface area (Å²) in [6.45, 7) is 10.9. The molecule has 0 atom stereocenters. The average Bonchev–Trinajstić information content (AvgIpc) is 2.35. The molecule has 0 aliphatic rings. The van der Waals surface area contributed by atoms with Gasteiger partial charge in [0.25, 0.3) is 0 Å². The molecular formula is C16H25Cl2NO2. The molecule has 0 heterocycles. The zero-order chi connectivity index (χ0) is 15.8. The molecular weight excluding hydrogens is 309 g/mol. The SMILES string of the molecule is CC(C)CNCc1cc(Cl)cc(Cl)c1OCCOC(C)C. The second-order valence-electron chi connectivity index (χ2n) is 5.67. The van der Waals surface area contributed by atoms with Gasteiger partial charge in [-0.2, -0.15) is 0 Å². The third-order valence-electron chi connectivity index (χ3n) is 2.73. The van der Waals surface area contributed by atoms with E-state index in [1.54, 1.807) is 6.07 Å². The molecule has 21 heavy (non-hydrogen) atoms. The second-order valence-corrected chi connectivity index (χ2v) is 6.51. The minimum Gasteiger partial charge on any atom is -0.489 e. The van der Waals surface area contributed by atoms with Crippen molar-refractivity contribution in [1.29, 1.82) is 0 Å².